The van der Waals surface area contributed by atoms with Crippen LogP contribution in [0, 0.1) is 23.2 Å². The van der Waals surface area contributed by atoms with Crippen molar-refractivity contribution >= 4 is 5.57 Å². The highest BCUT2D eigenvalue weighted by atomic mass is 14.9. The average Bonchev–Trinajstić information content (AvgIpc) is 3.13. The molecule has 3 unspecified atom stereocenters. The van der Waals surface area contributed by atoms with Crippen LogP contribution in [0.2, 0.25) is 0 Å². The van der Waals surface area contributed by atoms with E-state index in [1.807, 2.05) is 0 Å². The summed E-state index contributed by atoms with van der Waals surface area (Å²) < 4.78 is 0. The van der Waals surface area contributed by atoms with Crippen molar-refractivity contribution in [2.75, 3.05) is 6.54 Å². The molecule has 0 aromatic heterocycles. The van der Waals surface area contributed by atoms with Crippen molar-refractivity contribution in [3.63, 3.8) is 0 Å². The minimum atomic E-state index is 0.169. The number of hydrogen-bond donors (Lipinski definition) is 1. The van der Waals surface area contributed by atoms with Crippen molar-refractivity contribution in [2.24, 2.45) is 23.2 Å². The molecule has 3 aliphatic carbocycles. The van der Waals surface area contributed by atoms with Crippen LogP contribution in [0.3, 0.4) is 0 Å². The molecule has 0 saturated carbocycles. The molecule has 0 fully saturated rings. The van der Waals surface area contributed by atoms with Crippen LogP contribution in [0.1, 0.15) is 71.4 Å². The molecule has 3 atom stereocenters. The van der Waals surface area contributed by atoms with Crippen LogP contribution in [-0.2, 0) is 6.42 Å². The molecule has 0 aliphatic heterocycles. The molecule has 3 aliphatic rings. The number of rotatable bonds is 8. The standard InChI is InChI=1S/C30H41N/c1-20(2)16-17-31-21(3)10-9-11-23-14-15-25-22(4)29-26-13-8-7-12-24(26)19-28(29)30(5,6)27(25)18-23/h7-8,12-15,18,20-21,25,27,31H,4,9-11,16-17,19H2,1-3,5-6H3. The third kappa shape index (κ3) is 4.40. The van der Waals surface area contributed by atoms with Gasteiger partial charge in [-0.15, -0.1) is 0 Å². The van der Waals surface area contributed by atoms with E-state index in [0.717, 1.165) is 18.9 Å². The maximum Gasteiger partial charge on any atom is 0.00927 e. The van der Waals surface area contributed by atoms with Gasteiger partial charge in [-0.25, -0.2) is 0 Å². The van der Waals surface area contributed by atoms with Gasteiger partial charge in [0.25, 0.3) is 0 Å². The lowest BCUT2D eigenvalue weighted by molar-refractivity contribution is 0.264. The van der Waals surface area contributed by atoms with E-state index < -0.39 is 0 Å². The summed E-state index contributed by atoms with van der Waals surface area (Å²) >= 11 is 0. The largest absolute Gasteiger partial charge is 0.314 e. The van der Waals surface area contributed by atoms with E-state index in [4.69, 9.17) is 0 Å². The highest BCUT2D eigenvalue weighted by molar-refractivity contribution is 5.89. The van der Waals surface area contributed by atoms with Gasteiger partial charge in [0, 0.05) is 12.0 Å². The minimum Gasteiger partial charge on any atom is -0.314 e. The number of hydrogen-bond acceptors (Lipinski definition) is 1. The van der Waals surface area contributed by atoms with E-state index >= 15 is 0 Å². The minimum absolute atomic E-state index is 0.169. The number of nitrogens with one attached hydrogen (secondary N) is 1. The van der Waals surface area contributed by atoms with E-state index in [2.05, 4.69) is 89.0 Å². The molecule has 1 aromatic rings. The topological polar surface area (TPSA) is 12.0 Å². The van der Waals surface area contributed by atoms with Gasteiger partial charge in [-0.05, 0) is 85.1 Å². The fourth-order valence-corrected chi connectivity index (χ4v) is 5.87. The second kappa shape index (κ2) is 8.94. The number of fused-ring (bicyclic) bond motifs is 3. The Labute approximate surface area is 190 Å². The number of allylic oxidation sites excluding steroid dienone is 7. The molecule has 0 amide bonds. The normalized spacial score (nSPS) is 24.7. The van der Waals surface area contributed by atoms with Crippen LogP contribution < -0.4 is 5.32 Å². The van der Waals surface area contributed by atoms with Crippen LogP contribution in [-0.4, -0.2) is 12.6 Å². The zero-order chi connectivity index (χ0) is 22.2. The first-order valence-corrected chi connectivity index (χ1v) is 12.4. The summed E-state index contributed by atoms with van der Waals surface area (Å²) in [7, 11) is 0. The summed E-state index contributed by atoms with van der Waals surface area (Å²) in [5.74, 6) is 1.73. The van der Waals surface area contributed by atoms with Crippen molar-refractivity contribution < 1.29 is 0 Å². The van der Waals surface area contributed by atoms with Gasteiger partial charge in [0.1, 0.15) is 0 Å². The smallest absolute Gasteiger partial charge is 0.00927 e. The van der Waals surface area contributed by atoms with Gasteiger partial charge < -0.3 is 5.32 Å². The maximum absolute atomic E-state index is 4.61. The lowest BCUT2D eigenvalue weighted by atomic mass is 9.58. The van der Waals surface area contributed by atoms with E-state index in [0.29, 0.717) is 17.9 Å². The van der Waals surface area contributed by atoms with Crippen molar-refractivity contribution in [1.82, 2.24) is 5.32 Å². The van der Waals surface area contributed by atoms with E-state index in [-0.39, 0.29) is 5.41 Å². The summed E-state index contributed by atoms with van der Waals surface area (Å²) in [6.45, 7) is 17.6. The fourth-order valence-electron chi connectivity index (χ4n) is 5.87. The Kier molecular flexibility index (Phi) is 6.44. The molecule has 31 heavy (non-hydrogen) atoms. The van der Waals surface area contributed by atoms with Gasteiger partial charge in [-0.2, -0.15) is 0 Å². The third-order valence-electron chi connectivity index (χ3n) is 7.91. The molecule has 1 nitrogen and oxygen atoms in total. The van der Waals surface area contributed by atoms with Crippen molar-refractivity contribution in [1.29, 1.82) is 0 Å². The molecule has 0 saturated heterocycles. The monoisotopic (exact) mass is 415 g/mol. The van der Waals surface area contributed by atoms with E-state index in [1.165, 1.54) is 53.5 Å². The molecule has 0 spiro atoms. The van der Waals surface area contributed by atoms with Crippen molar-refractivity contribution in [3.8, 4) is 0 Å². The predicted molar refractivity (Wildman–Crippen MR) is 135 cm³/mol. The van der Waals surface area contributed by atoms with E-state index in [9.17, 15) is 0 Å². The number of benzene rings is 1. The Hall–Kier alpha value is -1.86. The van der Waals surface area contributed by atoms with Crippen molar-refractivity contribution in [2.45, 2.75) is 72.8 Å². The van der Waals surface area contributed by atoms with Crippen molar-refractivity contribution in [3.05, 3.63) is 76.9 Å². The molecule has 0 heterocycles. The fraction of sp³-hybridized carbons (Fsp3) is 0.533. The summed E-state index contributed by atoms with van der Waals surface area (Å²) in [5.41, 5.74) is 9.00. The second-order valence-electron chi connectivity index (χ2n) is 11.0. The first-order chi connectivity index (χ1) is 14.8. The Balaban J connectivity index is 1.43. The van der Waals surface area contributed by atoms with Gasteiger partial charge in [0.15, 0.2) is 0 Å². The molecular formula is C30H41N. The highest BCUT2D eigenvalue weighted by Crippen LogP contribution is 2.58. The molecular weight excluding hydrogens is 374 g/mol. The first-order valence-electron chi connectivity index (χ1n) is 12.4. The Bertz CT molecular complexity index is 923. The average molecular weight is 416 g/mol. The van der Waals surface area contributed by atoms with Gasteiger partial charge in [-0.3, -0.25) is 0 Å². The molecule has 166 valence electrons. The first kappa shape index (κ1) is 22.3. The highest BCUT2D eigenvalue weighted by Gasteiger charge is 2.46. The molecule has 1 N–H and O–H groups in total. The second-order valence-corrected chi connectivity index (χ2v) is 11.0. The van der Waals surface area contributed by atoms with Gasteiger partial charge in [0.2, 0.25) is 0 Å². The van der Waals surface area contributed by atoms with Crippen LogP contribution in [0.25, 0.3) is 5.57 Å². The lowest BCUT2D eigenvalue weighted by Gasteiger charge is -2.46. The van der Waals surface area contributed by atoms with Crippen LogP contribution in [0.15, 0.2) is 65.8 Å². The quantitative estimate of drug-likeness (QED) is 0.463. The van der Waals surface area contributed by atoms with Crippen LogP contribution in [0.5, 0.6) is 0 Å². The molecule has 0 bridgehead atoms. The van der Waals surface area contributed by atoms with Gasteiger partial charge >= 0.3 is 0 Å². The summed E-state index contributed by atoms with van der Waals surface area (Å²) in [6.07, 6.45) is 13.5. The predicted octanol–water partition coefficient (Wildman–Crippen LogP) is 7.52. The summed E-state index contributed by atoms with van der Waals surface area (Å²) in [4.78, 5) is 0. The Morgan fingerprint density at radius 2 is 1.90 bits per heavy atom. The van der Waals surface area contributed by atoms with Gasteiger partial charge in [-0.1, -0.05) is 87.9 Å². The Morgan fingerprint density at radius 1 is 1.13 bits per heavy atom. The lowest BCUT2D eigenvalue weighted by Crippen LogP contribution is -2.37. The maximum atomic E-state index is 4.61. The van der Waals surface area contributed by atoms with Crippen LogP contribution in [0.4, 0.5) is 0 Å². The zero-order valence-corrected chi connectivity index (χ0v) is 20.3. The molecule has 4 rings (SSSR count). The van der Waals surface area contributed by atoms with E-state index in [1.54, 1.807) is 5.57 Å². The van der Waals surface area contributed by atoms with Gasteiger partial charge in [0.05, 0.1) is 0 Å². The molecule has 1 heteroatoms. The Morgan fingerprint density at radius 3 is 2.68 bits per heavy atom. The molecule has 1 aromatic carbocycles. The van der Waals surface area contributed by atoms with Crippen LogP contribution >= 0.6 is 0 Å². The molecule has 0 radical (unpaired) electrons. The third-order valence-corrected chi connectivity index (χ3v) is 7.91. The summed E-state index contributed by atoms with van der Waals surface area (Å²) in [5, 5.41) is 3.69. The summed E-state index contributed by atoms with van der Waals surface area (Å²) in [6, 6.07) is 9.55. The SMILES string of the molecule is C=C1C2=C(Cc3ccccc32)C(C)(C)C2C=C(CCCC(C)NCCC(C)C)C=CC12. The zero-order valence-electron chi connectivity index (χ0n) is 20.3.